The fraction of sp³-hybridized carbons (Fsp3) is 0.286. The van der Waals surface area contributed by atoms with Gasteiger partial charge in [0.05, 0.1) is 13.0 Å². The zero-order valence-electron chi connectivity index (χ0n) is 19.5. The Bertz CT molecular complexity index is 1070. The normalized spacial score (nSPS) is 10.6. The van der Waals surface area contributed by atoms with Gasteiger partial charge >= 0.3 is 0 Å². The lowest BCUT2D eigenvalue weighted by Gasteiger charge is -2.25. The van der Waals surface area contributed by atoms with Crippen molar-refractivity contribution in [1.82, 2.24) is 4.90 Å². The maximum absolute atomic E-state index is 13.6. The standard InChI is InChI=1S/C28H32N2O2/c1-5-17-29(4)27(31)19-24-10-8-11-25(18-24)30(20-23-15-13-21(2)14-16-23)28(32)26-12-7-6-9-22(26)3/h6-16,18H,5,17,19-20H2,1-4H3. The van der Waals surface area contributed by atoms with Crippen LogP contribution in [0.2, 0.25) is 0 Å². The van der Waals surface area contributed by atoms with Crippen LogP contribution in [0.3, 0.4) is 0 Å². The zero-order chi connectivity index (χ0) is 23.1. The Balaban J connectivity index is 1.94. The highest BCUT2D eigenvalue weighted by Gasteiger charge is 2.20. The summed E-state index contributed by atoms with van der Waals surface area (Å²) in [6.07, 6.45) is 1.25. The molecule has 0 spiro atoms. The van der Waals surface area contributed by atoms with Crippen LogP contribution in [0.15, 0.2) is 72.8 Å². The third-order valence-electron chi connectivity index (χ3n) is 5.64. The number of likely N-dealkylation sites (N-methyl/N-ethyl adjacent to an activating group) is 1. The highest BCUT2D eigenvalue weighted by molar-refractivity contribution is 6.07. The second kappa shape index (κ2) is 10.8. The summed E-state index contributed by atoms with van der Waals surface area (Å²) in [6.45, 7) is 7.26. The third kappa shape index (κ3) is 5.85. The molecule has 0 heterocycles. The highest BCUT2D eigenvalue weighted by Crippen LogP contribution is 2.23. The molecule has 0 saturated carbocycles. The Labute approximate surface area is 191 Å². The van der Waals surface area contributed by atoms with E-state index in [1.165, 1.54) is 5.56 Å². The molecule has 0 fully saturated rings. The summed E-state index contributed by atoms with van der Waals surface area (Å²) in [5.41, 5.74) is 5.57. The van der Waals surface area contributed by atoms with Crippen LogP contribution in [0.5, 0.6) is 0 Å². The van der Waals surface area contributed by atoms with Gasteiger partial charge in [0.2, 0.25) is 5.91 Å². The summed E-state index contributed by atoms with van der Waals surface area (Å²) in [7, 11) is 1.83. The molecule has 4 nitrogen and oxygen atoms in total. The number of carbonyl (C=O) groups excluding carboxylic acids is 2. The number of benzene rings is 3. The predicted octanol–water partition coefficient (Wildman–Crippen LogP) is 5.56. The second-order valence-corrected chi connectivity index (χ2v) is 8.35. The first-order chi connectivity index (χ1) is 15.4. The third-order valence-corrected chi connectivity index (χ3v) is 5.64. The summed E-state index contributed by atoms with van der Waals surface area (Å²) in [4.78, 5) is 29.7. The number of carbonyl (C=O) groups is 2. The van der Waals surface area contributed by atoms with Gasteiger partial charge in [-0.1, -0.05) is 67.1 Å². The molecular formula is C28H32N2O2. The lowest BCUT2D eigenvalue weighted by atomic mass is 10.0. The van der Waals surface area contributed by atoms with Gasteiger partial charge in [0.1, 0.15) is 0 Å². The van der Waals surface area contributed by atoms with Crippen molar-refractivity contribution in [2.75, 3.05) is 18.5 Å². The van der Waals surface area contributed by atoms with Crippen LogP contribution in [0, 0.1) is 13.8 Å². The van der Waals surface area contributed by atoms with E-state index < -0.39 is 0 Å². The van der Waals surface area contributed by atoms with Crippen LogP contribution < -0.4 is 4.90 Å². The Hall–Kier alpha value is -3.40. The van der Waals surface area contributed by atoms with Crippen LogP contribution in [-0.4, -0.2) is 30.3 Å². The summed E-state index contributed by atoms with van der Waals surface area (Å²) in [5.74, 6) is 0.0366. The number of aryl methyl sites for hydroxylation is 2. The van der Waals surface area contributed by atoms with Crippen LogP contribution in [-0.2, 0) is 17.8 Å². The quantitative estimate of drug-likeness (QED) is 0.471. The summed E-state index contributed by atoms with van der Waals surface area (Å²) >= 11 is 0. The minimum absolute atomic E-state index is 0.0461. The molecule has 0 aliphatic carbocycles. The van der Waals surface area contributed by atoms with Gasteiger partial charge in [-0.2, -0.15) is 0 Å². The van der Waals surface area contributed by atoms with Crippen LogP contribution in [0.1, 0.15) is 46.0 Å². The van der Waals surface area contributed by atoms with Crippen molar-refractivity contribution in [3.8, 4) is 0 Å². The number of nitrogens with zero attached hydrogens (tertiary/aromatic N) is 2. The van der Waals surface area contributed by atoms with Crippen molar-refractivity contribution in [2.45, 2.75) is 40.2 Å². The predicted molar refractivity (Wildman–Crippen MR) is 131 cm³/mol. The fourth-order valence-corrected chi connectivity index (χ4v) is 3.72. The van der Waals surface area contributed by atoms with E-state index in [9.17, 15) is 9.59 Å². The highest BCUT2D eigenvalue weighted by atomic mass is 16.2. The number of hydrogen-bond acceptors (Lipinski definition) is 2. The van der Waals surface area contributed by atoms with Crippen molar-refractivity contribution in [2.24, 2.45) is 0 Å². The van der Waals surface area contributed by atoms with Crippen LogP contribution >= 0.6 is 0 Å². The van der Waals surface area contributed by atoms with E-state index in [0.717, 1.165) is 35.3 Å². The minimum atomic E-state index is -0.0461. The first kappa shape index (κ1) is 23.3. The number of rotatable bonds is 8. The molecule has 166 valence electrons. The Kier molecular flexibility index (Phi) is 7.82. The summed E-state index contributed by atoms with van der Waals surface area (Å²) < 4.78 is 0. The molecule has 3 aromatic rings. The molecule has 4 heteroatoms. The molecule has 0 bridgehead atoms. The van der Waals surface area contributed by atoms with Crippen molar-refractivity contribution in [3.05, 3.63) is 101 Å². The molecule has 0 aliphatic heterocycles. The Morgan fingerprint density at radius 2 is 1.56 bits per heavy atom. The SMILES string of the molecule is CCCN(C)C(=O)Cc1cccc(N(Cc2ccc(C)cc2)C(=O)c2ccccc2C)c1. The monoisotopic (exact) mass is 428 g/mol. The number of anilines is 1. The number of amides is 2. The first-order valence-corrected chi connectivity index (χ1v) is 11.1. The van der Waals surface area contributed by atoms with E-state index in [0.29, 0.717) is 18.5 Å². The van der Waals surface area contributed by atoms with Gasteiger partial charge in [-0.15, -0.1) is 0 Å². The van der Waals surface area contributed by atoms with Gasteiger partial charge in [-0.25, -0.2) is 0 Å². The van der Waals surface area contributed by atoms with E-state index in [2.05, 4.69) is 38.1 Å². The van der Waals surface area contributed by atoms with Gasteiger partial charge < -0.3 is 9.80 Å². The van der Waals surface area contributed by atoms with Crippen molar-refractivity contribution < 1.29 is 9.59 Å². The number of hydrogen-bond donors (Lipinski definition) is 0. The average Bonchev–Trinajstić information content (AvgIpc) is 2.79. The second-order valence-electron chi connectivity index (χ2n) is 8.35. The van der Waals surface area contributed by atoms with Crippen molar-refractivity contribution in [3.63, 3.8) is 0 Å². The molecule has 3 rings (SSSR count). The average molecular weight is 429 g/mol. The molecule has 3 aromatic carbocycles. The largest absolute Gasteiger partial charge is 0.345 e. The van der Waals surface area contributed by atoms with Gasteiger partial charge in [0.25, 0.3) is 5.91 Å². The Morgan fingerprint density at radius 3 is 2.25 bits per heavy atom. The molecule has 2 amide bonds. The molecule has 0 unspecified atom stereocenters. The molecule has 0 N–H and O–H groups in total. The van der Waals surface area contributed by atoms with Crippen LogP contribution in [0.4, 0.5) is 5.69 Å². The summed E-state index contributed by atoms with van der Waals surface area (Å²) in [5, 5.41) is 0. The first-order valence-electron chi connectivity index (χ1n) is 11.1. The maximum atomic E-state index is 13.6. The van der Waals surface area contributed by atoms with E-state index in [4.69, 9.17) is 0 Å². The maximum Gasteiger partial charge on any atom is 0.258 e. The fourth-order valence-electron chi connectivity index (χ4n) is 3.72. The van der Waals surface area contributed by atoms with E-state index in [1.54, 1.807) is 9.80 Å². The topological polar surface area (TPSA) is 40.6 Å². The van der Waals surface area contributed by atoms with Crippen molar-refractivity contribution in [1.29, 1.82) is 0 Å². The molecular weight excluding hydrogens is 396 g/mol. The lowest BCUT2D eigenvalue weighted by Crippen LogP contribution is -2.31. The van der Waals surface area contributed by atoms with Gasteiger partial charge in [0, 0.05) is 24.8 Å². The molecule has 0 saturated heterocycles. The lowest BCUT2D eigenvalue weighted by molar-refractivity contribution is -0.129. The van der Waals surface area contributed by atoms with Gasteiger partial charge in [0.15, 0.2) is 0 Å². The van der Waals surface area contributed by atoms with E-state index in [1.807, 2.05) is 62.5 Å². The van der Waals surface area contributed by atoms with Crippen LogP contribution in [0.25, 0.3) is 0 Å². The molecule has 0 radical (unpaired) electrons. The molecule has 0 aromatic heterocycles. The van der Waals surface area contributed by atoms with Gasteiger partial charge in [-0.3, -0.25) is 9.59 Å². The summed E-state index contributed by atoms with van der Waals surface area (Å²) in [6, 6.07) is 23.7. The Morgan fingerprint density at radius 1 is 0.844 bits per heavy atom. The molecule has 0 aliphatic rings. The molecule has 32 heavy (non-hydrogen) atoms. The van der Waals surface area contributed by atoms with Crippen molar-refractivity contribution >= 4 is 17.5 Å². The van der Waals surface area contributed by atoms with E-state index >= 15 is 0 Å². The minimum Gasteiger partial charge on any atom is -0.345 e. The van der Waals surface area contributed by atoms with Gasteiger partial charge in [-0.05, 0) is 55.2 Å². The smallest absolute Gasteiger partial charge is 0.258 e. The zero-order valence-corrected chi connectivity index (χ0v) is 19.5. The molecule has 0 atom stereocenters. The van der Waals surface area contributed by atoms with E-state index in [-0.39, 0.29) is 11.8 Å².